The van der Waals surface area contributed by atoms with E-state index in [0.717, 1.165) is 7.11 Å². The van der Waals surface area contributed by atoms with Gasteiger partial charge in [0.05, 0.1) is 42.5 Å². The van der Waals surface area contributed by atoms with Crippen LogP contribution >= 0.6 is 0 Å². The summed E-state index contributed by atoms with van der Waals surface area (Å²) in [7, 11) is 2.31. The second-order valence-electron chi connectivity index (χ2n) is 5.42. The first-order chi connectivity index (χ1) is 12.4. The first kappa shape index (κ1) is 18.9. The summed E-state index contributed by atoms with van der Waals surface area (Å²) < 4.78 is 9.48. The zero-order valence-electron chi connectivity index (χ0n) is 14.4. The number of aliphatic carboxylic acids is 1. The number of hydrogen-bond acceptors (Lipinski definition) is 7. The maximum atomic E-state index is 12.3. The Labute approximate surface area is 149 Å². The molecule has 1 aliphatic heterocycles. The van der Waals surface area contributed by atoms with Gasteiger partial charge in [0.2, 0.25) is 0 Å². The van der Waals surface area contributed by atoms with Crippen molar-refractivity contribution in [2.45, 2.75) is 12.8 Å². The third-order valence-electron chi connectivity index (χ3n) is 4.02. The van der Waals surface area contributed by atoms with Crippen molar-refractivity contribution in [2.75, 3.05) is 14.2 Å². The van der Waals surface area contributed by atoms with Gasteiger partial charge in [-0.25, -0.2) is 14.4 Å². The van der Waals surface area contributed by atoms with E-state index in [1.807, 2.05) is 0 Å². The molecule has 1 unspecified atom stereocenters. The van der Waals surface area contributed by atoms with Crippen LogP contribution in [0.3, 0.4) is 0 Å². The number of benzene rings is 1. The third kappa shape index (κ3) is 3.21. The summed E-state index contributed by atoms with van der Waals surface area (Å²) in [4.78, 5) is 47.8. The van der Waals surface area contributed by atoms with Gasteiger partial charge in [-0.2, -0.15) is 0 Å². The van der Waals surface area contributed by atoms with E-state index in [2.05, 4.69) is 5.32 Å². The molecule has 0 aliphatic carbocycles. The fraction of sp³-hybridized carbons (Fsp3) is 0.222. The smallest absolute Gasteiger partial charge is 0.338 e. The molecule has 136 valence electrons. The van der Waals surface area contributed by atoms with Gasteiger partial charge in [0, 0.05) is 5.70 Å². The van der Waals surface area contributed by atoms with Gasteiger partial charge in [0.15, 0.2) is 6.29 Å². The minimum Gasteiger partial charge on any atom is -0.478 e. The molecule has 0 saturated heterocycles. The van der Waals surface area contributed by atoms with Crippen LogP contribution in [-0.4, -0.2) is 43.5 Å². The Balaban J connectivity index is 2.85. The number of carbonyl (C=O) groups is 4. The molecular weight excluding hydrogens is 342 g/mol. The Morgan fingerprint density at radius 3 is 2.23 bits per heavy atom. The Hall–Kier alpha value is -3.42. The van der Waals surface area contributed by atoms with Gasteiger partial charge in [0.25, 0.3) is 0 Å². The highest BCUT2D eigenvalue weighted by Gasteiger charge is 2.39. The largest absolute Gasteiger partial charge is 0.478 e. The predicted octanol–water partition coefficient (Wildman–Crippen LogP) is 1.14. The number of allylic oxidation sites excluding steroid dienone is 2. The molecule has 26 heavy (non-hydrogen) atoms. The van der Waals surface area contributed by atoms with Gasteiger partial charge >= 0.3 is 17.9 Å². The summed E-state index contributed by atoms with van der Waals surface area (Å²) in [6.45, 7) is 1.47. The highest BCUT2D eigenvalue weighted by molar-refractivity contribution is 6.04. The molecule has 1 aliphatic rings. The lowest BCUT2D eigenvalue weighted by Crippen LogP contribution is -2.33. The fourth-order valence-electron chi connectivity index (χ4n) is 2.92. The standard InChI is InChI=1S/C18H17NO7/c1-9-13(16(21)22)14(15(18(24)26-3)12(8-20)19-9)10-6-4-5-7-11(10)17(23)25-2/h4-8,14,19H,1-3H3,(H,21,22). The van der Waals surface area contributed by atoms with Crippen molar-refractivity contribution >= 4 is 24.2 Å². The van der Waals surface area contributed by atoms with Crippen molar-refractivity contribution in [1.29, 1.82) is 0 Å². The van der Waals surface area contributed by atoms with Crippen LogP contribution in [0.4, 0.5) is 0 Å². The summed E-state index contributed by atoms with van der Waals surface area (Å²) in [6.07, 6.45) is 0.405. The van der Waals surface area contributed by atoms with Crippen LogP contribution in [0.25, 0.3) is 0 Å². The van der Waals surface area contributed by atoms with Crippen molar-refractivity contribution in [3.05, 3.63) is 57.9 Å². The van der Waals surface area contributed by atoms with Crippen molar-refractivity contribution in [3.63, 3.8) is 0 Å². The molecule has 1 heterocycles. The van der Waals surface area contributed by atoms with E-state index < -0.39 is 23.8 Å². The SMILES string of the molecule is COC(=O)C1=C(C=O)NC(C)=C(C(=O)O)C1c1ccccc1C(=O)OC. The number of aldehydes is 1. The van der Waals surface area contributed by atoms with E-state index in [9.17, 15) is 24.3 Å². The molecular formula is C18H17NO7. The lowest BCUT2D eigenvalue weighted by molar-refractivity contribution is -0.136. The average molecular weight is 359 g/mol. The molecule has 1 aromatic carbocycles. The number of ether oxygens (including phenoxy) is 2. The van der Waals surface area contributed by atoms with Gasteiger partial charge in [0.1, 0.15) is 0 Å². The van der Waals surface area contributed by atoms with Gasteiger partial charge in [-0.15, -0.1) is 0 Å². The van der Waals surface area contributed by atoms with Gasteiger partial charge in [-0.3, -0.25) is 4.79 Å². The minimum atomic E-state index is -1.30. The van der Waals surface area contributed by atoms with Crippen molar-refractivity contribution in [1.82, 2.24) is 5.32 Å². The van der Waals surface area contributed by atoms with E-state index >= 15 is 0 Å². The van der Waals surface area contributed by atoms with Gasteiger partial charge < -0.3 is 19.9 Å². The highest BCUT2D eigenvalue weighted by Crippen LogP contribution is 2.39. The summed E-state index contributed by atoms with van der Waals surface area (Å²) in [5.74, 6) is -4.06. The van der Waals surface area contributed by atoms with E-state index in [1.54, 1.807) is 12.1 Å². The number of carboxylic acid groups (broad SMARTS) is 1. The Morgan fingerprint density at radius 2 is 1.69 bits per heavy atom. The number of carboxylic acids is 1. The number of rotatable bonds is 5. The van der Waals surface area contributed by atoms with Gasteiger partial charge in [-0.05, 0) is 18.6 Å². The van der Waals surface area contributed by atoms with Crippen molar-refractivity contribution in [3.8, 4) is 0 Å². The normalized spacial score (nSPS) is 16.7. The Kier molecular flexibility index (Phi) is 5.56. The van der Waals surface area contributed by atoms with Crippen LogP contribution in [0.2, 0.25) is 0 Å². The van der Waals surface area contributed by atoms with Crippen molar-refractivity contribution < 1.29 is 33.8 Å². The van der Waals surface area contributed by atoms with Crippen LogP contribution in [0.5, 0.6) is 0 Å². The maximum absolute atomic E-state index is 12.3. The number of dihydropyridines is 1. The maximum Gasteiger partial charge on any atom is 0.338 e. The number of nitrogens with one attached hydrogen (secondary N) is 1. The molecule has 0 spiro atoms. The Morgan fingerprint density at radius 1 is 1.08 bits per heavy atom. The van der Waals surface area contributed by atoms with Crippen LogP contribution in [-0.2, 0) is 23.9 Å². The Bertz CT molecular complexity index is 851. The van der Waals surface area contributed by atoms with Crippen molar-refractivity contribution in [2.24, 2.45) is 0 Å². The molecule has 1 aromatic rings. The highest BCUT2D eigenvalue weighted by atomic mass is 16.5. The second-order valence-corrected chi connectivity index (χ2v) is 5.42. The monoisotopic (exact) mass is 359 g/mol. The molecule has 2 rings (SSSR count). The zero-order chi connectivity index (χ0) is 19.4. The number of esters is 2. The summed E-state index contributed by atoms with van der Waals surface area (Å²) in [6, 6.07) is 6.13. The second kappa shape index (κ2) is 7.64. The van der Waals surface area contributed by atoms with E-state index in [4.69, 9.17) is 9.47 Å². The predicted molar refractivity (Wildman–Crippen MR) is 89.1 cm³/mol. The lowest BCUT2D eigenvalue weighted by atomic mass is 9.78. The summed E-state index contributed by atoms with van der Waals surface area (Å²) in [5, 5.41) is 12.3. The lowest BCUT2D eigenvalue weighted by Gasteiger charge is -2.29. The quantitative estimate of drug-likeness (QED) is 0.593. The summed E-state index contributed by atoms with van der Waals surface area (Å²) in [5.41, 5.74) is -0.00685. The molecule has 0 aromatic heterocycles. The number of carbonyl (C=O) groups excluding carboxylic acids is 3. The van der Waals surface area contributed by atoms with E-state index in [0.29, 0.717) is 6.29 Å². The first-order valence-electron chi connectivity index (χ1n) is 7.53. The topological polar surface area (TPSA) is 119 Å². The molecule has 1 atom stereocenters. The van der Waals surface area contributed by atoms with E-state index in [1.165, 1.54) is 26.2 Å². The molecule has 8 heteroatoms. The minimum absolute atomic E-state index is 0.0834. The first-order valence-corrected chi connectivity index (χ1v) is 7.53. The van der Waals surface area contributed by atoms with E-state index in [-0.39, 0.29) is 33.7 Å². The summed E-state index contributed by atoms with van der Waals surface area (Å²) >= 11 is 0. The molecule has 0 radical (unpaired) electrons. The van der Waals surface area contributed by atoms with Crippen LogP contribution in [0.1, 0.15) is 28.8 Å². The zero-order valence-corrected chi connectivity index (χ0v) is 14.4. The number of hydrogen-bond donors (Lipinski definition) is 2. The molecule has 0 bridgehead atoms. The number of methoxy groups -OCH3 is 2. The molecule has 8 nitrogen and oxygen atoms in total. The fourth-order valence-corrected chi connectivity index (χ4v) is 2.92. The third-order valence-corrected chi connectivity index (χ3v) is 4.02. The molecule has 2 N–H and O–H groups in total. The molecule has 0 fully saturated rings. The van der Waals surface area contributed by atoms with Crippen LogP contribution < -0.4 is 5.32 Å². The average Bonchev–Trinajstić information content (AvgIpc) is 2.65. The molecule has 0 saturated carbocycles. The molecule has 0 amide bonds. The van der Waals surface area contributed by atoms with Crippen LogP contribution in [0.15, 0.2) is 46.8 Å². The van der Waals surface area contributed by atoms with Gasteiger partial charge in [-0.1, -0.05) is 18.2 Å². The van der Waals surface area contributed by atoms with Crippen LogP contribution in [0, 0.1) is 0 Å².